The maximum absolute atomic E-state index is 9.45. The van der Waals surface area contributed by atoms with Crippen LogP contribution in [-0.4, -0.2) is 15.2 Å². The minimum absolute atomic E-state index is 0.382. The Morgan fingerprint density at radius 2 is 1.19 bits per heavy atom. The van der Waals surface area contributed by atoms with E-state index >= 15 is 0 Å². The molecule has 2 unspecified atom stereocenters. The molecule has 2 atom stereocenters. The van der Waals surface area contributed by atoms with E-state index in [0.29, 0.717) is 22.6 Å². The van der Waals surface area contributed by atoms with Crippen LogP contribution < -0.4 is 0 Å². The third kappa shape index (κ3) is 5.45. The smallest absolute Gasteiger partial charge is 0.160 e. The summed E-state index contributed by atoms with van der Waals surface area (Å²) in [5, 5.41) is 12.5. The molecule has 244 valence electrons. The third-order valence-electron chi connectivity index (χ3n) is 10.1. The molecule has 6 aromatic carbocycles. The maximum Gasteiger partial charge on any atom is 0.160 e. The Kier molecular flexibility index (Phi) is 7.46. The predicted octanol–water partition coefficient (Wildman–Crippen LogP) is 12.7. The Morgan fingerprint density at radius 1 is 0.519 bits per heavy atom. The quantitative estimate of drug-likeness (QED) is 0.179. The molecule has 5 heteroatoms. The van der Waals surface area contributed by atoms with E-state index in [1.165, 1.54) is 41.8 Å². The highest BCUT2D eigenvalue weighted by molar-refractivity contribution is 8.00. The normalized spacial score (nSPS) is 15.8. The van der Waals surface area contributed by atoms with Crippen LogP contribution in [0.15, 0.2) is 169 Å². The molecule has 3 heterocycles. The molecule has 52 heavy (non-hydrogen) atoms. The van der Waals surface area contributed by atoms with Gasteiger partial charge in [-0.25, -0.2) is 9.97 Å². The fraction of sp³-hybridized carbons (Fsp3) is 0.0426. The Balaban J connectivity index is 1.18. The first-order chi connectivity index (χ1) is 25.7. The van der Waals surface area contributed by atoms with Crippen LogP contribution in [0.4, 0.5) is 0 Å². The van der Waals surface area contributed by atoms with Crippen LogP contribution >= 0.6 is 23.1 Å². The van der Waals surface area contributed by atoms with Gasteiger partial charge in [0.2, 0.25) is 0 Å². The number of aromatic nitrogens is 2. The van der Waals surface area contributed by atoms with Crippen molar-refractivity contribution in [2.24, 2.45) is 0 Å². The molecule has 0 spiro atoms. The van der Waals surface area contributed by atoms with Gasteiger partial charge in [0.15, 0.2) is 5.82 Å². The molecule has 2 aromatic heterocycles. The van der Waals surface area contributed by atoms with E-state index in [4.69, 9.17) is 9.97 Å². The molecular formula is C47H29N3S2. The number of fused-ring (bicyclic) bond motifs is 6. The third-order valence-corrected chi connectivity index (χ3v) is 12.6. The zero-order valence-electron chi connectivity index (χ0n) is 27.9. The Labute approximate surface area is 310 Å². The zero-order valence-corrected chi connectivity index (χ0v) is 29.5. The van der Waals surface area contributed by atoms with Gasteiger partial charge in [-0.1, -0.05) is 97.1 Å². The lowest BCUT2D eigenvalue weighted by atomic mass is 9.89. The van der Waals surface area contributed by atoms with Crippen molar-refractivity contribution in [3.8, 4) is 62.2 Å². The van der Waals surface area contributed by atoms with Crippen LogP contribution in [0.1, 0.15) is 17.0 Å². The van der Waals surface area contributed by atoms with E-state index in [0.717, 1.165) is 39.2 Å². The molecule has 2 aliphatic rings. The average molecular weight is 700 g/mol. The summed E-state index contributed by atoms with van der Waals surface area (Å²) >= 11 is 3.80. The summed E-state index contributed by atoms with van der Waals surface area (Å²) in [4.78, 5) is 11.6. The Bertz CT molecular complexity index is 2790. The van der Waals surface area contributed by atoms with Crippen molar-refractivity contribution >= 4 is 43.3 Å². The predicted molar refractivity (Wildman–Crippen MR) is 217 cm³/mol. The van der Waals surface area contributed by atoms with Gasteiger partial charge in [-0.2, -0.15) is 5.26 Å². The first-order valence-electron chi connectivity index (χ1n) is 17.3. The molecule has 0 radical (unpaired) electrons. The van der Waals surface area contributed by atoms with E-state index in [-0.39, 0.29) is 0 Å². The van der Waals surface area contributed by atoms with Crippen molar-refractivity contribution in [3.63, 3.8) is 0 Å². The summed E-state index contributed by atoms with van der Waals surface area (Å²) in [6.07, 6.45) is 9.01. The number of rotatable bonds is 5. The van der Waals surface area contributed by atoms with Gasteiger partial charge >= 0.3 is 0 Å². The maximum atomic E-state index is 9.45. The molecule has 3 nitrogen and oxygen atoms in total. The summed E-state index contributed by atoms with van der Waals surface area (Å²) < 4.78 is 2.59. The van der Waals surface area contributed by atoms with Gasteiger partial charge in [0.1, 0.15) is 0 Å². The zero-order chi connectivity index (χ0) is 34.6. The van der Waals surface area contributed by atoms with Crippen LogP contribution in [0.25, 0.3) is 76.3 Å². The van der Waals surface area contributed by atoms with Crippen molar-refractivity contribution in [1.29, 1.82) is 5.26 Å². The van der Waals surface area contributed by atoms with Crippen molar-refractivity contribution in [2.45, 2.75) is 16.1 Å². The van der Waals surface area contributed by atoms with Crippen LogP contribution in [0.3, 0.4) is 0 Å². The minimum Gasteiger partial charge on any atom is -0.228 e. The van der Waals surface area contributed by atoms with E-state index < -0.39 is 0 Å². The highest BCUT2D eigenvalue weighted by Gasteiger charge is 2.31. The van der Waals surface area contributed by atoms with E-state index in [9.17, 15) is 5.26 Å². The number of thioether (sulfide) groups is 1. The SMILES string of the molecule is N#Cc1ccc(-c2cc(-c3cc(-c4ccc5c(c4)C4C=CC=CC4S5)cc(-c4ccc5sc6ccccc6c5c4)c3)nc(-c3ccccc3)n2)cc1. The molecule has 1 aliphatic heterocycles. The van der Waals surface area contributed by atoms with Crippen LogP contribution in [0, 0.1) is 11.3 Å². The molecule has 8 aromatic rings. The highest BCUT2D eigenvalue weighted by atomic mass is 32.2. The second-order valence-corrected chi connectivity index (χ2v) is 15.6. The van der Waals surface area contributed by atoms with Gasteiger partial charge in [0.05, 0.1) is 23.0 Å². The topological polar surface area (TPSA) is 49.6 Å². The van der Waals surface area contributed by atoms with Gasteiger partial charge in [0, 0.05) is 52.9 Å². The molecule has 0 fully saturated rings. The Hall–Kier alpha value is -6.06. The van der Waals surface area contributed by atoms with Gasteiger partial charge in [0.25, 0.3) is 0 Å². The van der Waals surface area contributed by atoms with E-state index in [1.54, 1.807) is 0 Å². The van der Waals surface area contributed by atoms with Gasteiger partial charge in [-0.15, -0.1) is 23.1 Å². The van der Waals surface area contributed by atoms with Gasteiger partial charge in [-0.05, 0) is 94.5 Å². The first kappa shape index (κ1) is 30.7. The van der Waals surface area contributed by atoms with E-state index in [2.05, 4.69) is 127 Å². The number of nitrogens with zero attached hydrogens (tertiary/aromatic N) is 3. The second-order valence-electron chi connectivity index (χ2n) is 13.3. The van der Waals surface area contributed by atoms with Crippen LogP contribution in [-0.2, 0) is 0 Å². The molecule has 0 amide bonds. The van der Waals surface area contributed by atoms with Crippen LogP contribution in [0.2, 0.25) is 0 Å². The first-order valence-corrected chi connectivity index (χ1v) is 19.0. The summed E-state index contributed by atoms with van der Waals surface area (Å²) in [5.74, 6) is 1.04. The summed E-state index contributed by atoms with van der Waals surface area (Å²) in [5.41, 5.74) is 11.2. The summed E-state index contributed by atoms with van der Waals surface area (Å²) in [6.45, 7) is 0. The fourth-order valence-electron chi connectivity index (χ4n) is 7.41. The van der Waals surface area contributed by atoms with Crippen molar-refractivity contribution < 1.29 is 0 Å². The average Bonchev–Trinajstić information content (AvgIpc) is 3.78. The number of nitriles is 1. The molecule has 0 saturated carbocycles. The van der Waals surface area contributed by atoms with Crippen molar-refractivity contribution in [3.05, 3.63) is 175 Å². The molecule has 0 saturated heterocycles. The highest BCUT2D eigenvalue weighted by Crippen LogP contribution is 2.49. The van der Waals surface area contributed by atoms with Gasteiger partial charge in [-0.3, -0.25) is 0 Å². The Morgan fingerprint density at radius 3 is 2.02 bits per heavy atom. The van der Waals surface area contributed by atoms with Crippen molar-refractivity contribution in [2.75, 3.05) is 0 Å². The minimum atomic E-state index is 0.382. The number of thiophene rings is 1. The molecule has 0 bridgehead atoms. The summed E-state index contributed by atoms with van der Waals surface area (Å²) in [6, 6.07) is 51.4. The number of benzene rings is 6. The number of hydrogen-bond acceptors (Lipinski definition) is 5. The fourth-order valence-corrected chi connectivity index (χ4v) is 9.82. The van der Waals surface area contributed by atoms with Gasteiger partial charge < -0.3 is 0 Å². The lowest BCUT2D eigenvalue weighted by Crippen LogP contribution is -2.06. The monoisotopic (exact) mass is 699 g/mol. The largest absolute Gasteiger partial charge is 0.228 e. The lowest BCUT2D eigenvalue weighted by molar-refractivity contribution is 0.881. The van der Waals surface area contributed by atoms with Crippen molar-refractivity contribution in [1.82, 2.24) is 9.97 Å². The summed E-state index contributed by atoms with van der Waals surface area (Å²) in [7, 11) is 0. The van der Waals surface area contributed by atoms with Crippen LogP contribution in [0.5, 0.6) is 0 Å². The van der Waals surface area contributed by atoms with E-state index in [1.807, 2.05) is 65.6 Å². The second kappa shape index (κ2) is 12.6. The molecule has 1 aliphatic carbocycles. The molecule has 0 N–H and O–H groups in total. The number of hydrogen-bond donors (Lipinski definition) is 0. The lowest BCUT2D eigenvalue weighted by Gasteiger charge is -2.16. The molecule has 10 rings (SSSR count). The standard InChI is InChI=1S/C47H29N3S2/c48-28-29-14-16-30(17-15-29)41-27-42(50-47(49-41)31-8-2-1-3-9-31)36-23-34(32-18-20-45-39(25-32)37-10-4-6-12-43(37)51-45)22-35(24-36)33-19-21-46-40(26-33)38-11-5-7-13-44(38)52-46/h1-27,37,43H. The number of allylic oxidation sites excluding steroid dienone is 3. The molecular weight excluding hydrogens is 671 g/mol.